The highest BCUT2D eigenvalue weighted by Gasteiger charge is 2.14. The Morgan fingerprint density at radius 2 is 1.74 bits per heavy atom. The van der Waals surface area contributed by atoms with Crippen molar-refractivity contribution in [1.29, 1.82) is 0 Å². The minimum atomic E-state index is 0.223. The van der Waals surface area contributed by atoms with E-state index in [1.165, 1.54) is 16.7 Å². The van der Waals surface area contributed by atoms with Crippen LogP contribution < -0.4 is 10.6 Å². The van der Waals surface area contributed by atoms with Crippen LogP contribution in [0.1, 0.15) is 43.0 Å². The molecule has 2 rings (SSSR count). The average Bonchev–Trinajstić information content (AvgIpc) is 2.51. The maximum Gasteiger partial charge on any atom is 0.171 e. The molecule has 0 aromatic heterocycles. The molecular weight excluding hydrogens is 300 g/mol. The molecule has 2 aromatic rings. The summed E-state index contributed by atoms with van der Waals surface area (Å²) in [6, 6.07) is 17.1. The molecule has 0 aliphatic carbocycles. The lowest BCUT2D eigenvalue weighted by Crippen LogP contribution is -2.33. The Morgan fingerprint density at radius 3 is 2.39 bits per heavy atom. The minimum absolute atomic E-state index is 0.223. The van der Waals surface area contributed by atoms with E-state index in [0.717, 1.165) is 12.1 Å². The summed E-state index contributed by atoms with van der Waals surface area (Å²) in [4.78, 5) is 0. The van der Waals surface area contributed by atoms with Gasteiger partial charge in [0.25, 0.3) is 0 Å². The summed E-state index contributed by atoms with van der Waals surface area (Å²) in [6.07, 6.45) is 1.04. The van der Waals surface area contributed by atoms with Crippen molar-refractivity contribution in [2.24, 2.45) is 5.92 Å². The van der Waals surface area contributed by atoms with Crippen LogP contribution in [0, 0.1) is 19.8 Å². The molecule has 0 bridgehead atoms. The summed E-state index contributed by atoms with van der Waals surface area (Å²) < 4.78 is 0. The van der Waals surface area contributed by atoms with Crippen LogP contribution in [0.5, 0.6) is 0 Å². The summed E-state index contributed by atoms with van der Waals surface area (Å²) in [5, 5.41) is 7.50. The van der Waals surface area contributed by atoms with Crippen molar-refractivity contribution in [3.8, 4) is 0 Å². The monoisotopic (exact) mass is 326 g/mol. The Labute approximate surface area is 145 Å². The summed E-state index contributed by atoms with van der Waals surface area (Å²) >= 11 is 5.55. The highest BCUT2D eigenvalue weighted by atomic mass is 32.1. The summed E-state index contributed by atoms with van der Waals surface area (Å²) in [6.45, 7) is 8.65. The van der Waals surface area contributed by atoms with Crippen LogP contribution in [0.3, 0.4) is 0 Å². The zero-order valence-electron chi connectivity index (χ0n) is 14.4. The van der Waals surface area contributed by atoms with Crippen LogP contribution in [-0.2, 0) is 0 Å². The van der Waals surface area contributed by atoms with Gasteiger partial charge in [0, 0.05) is 5.69 Å². The van der Waals surface area contributed by atoms with Crippen molar-refractivity contribution in [2.45, 2.75) is 40.2 Å². The molecular formula is C20H26N2S. The van der Waals surface area contributed by atoms with E-state index >= 15 is 0 Å². The molecule has 0 saturated carbocycles. The molecule has 2 N–H and O–H groups in total. The molecule has 0 amide bonds. The van der Waals surface area contributed by atoms with E-state index < -0.39 is 0 Å². The number of rotatable bonds is 5. The second-order valence-electron chi connectivity index (χ2n) is 6.51. The lowest BCUT2D eigenvalue weighted by molar-refractivity contribution is 0.481. The van der Waals surface area contributed by atoms with Crippen molar-refractivity contribution < 1.29 is 0 Å². The van der Waals surface area contributed by atoms with Crippen molar-refractivity contribution in [1.82, 2.24) is 5.32 Å². The van der Waals surface area contributed by atoms with Gasteiger partial charge >= 0.3 is 0 Å². The van der Waals surface area contributed by atoms with E-state index in [9.17, 15) is 0 Å². The zero-order chi connectivity index (χ0) is 16.8. The van der Waals surface area contributed by atoms with Crippen LogP contribution >= 0.6 is 12.2 Å². The number of nitrogens with one attached hydrogen (secondary N) is 2. The number of hydrogen-bond donors (Lipinski definition) is 2. The first-order valence-electron chi connectivity index (χ1n) is 8.15. The lowest BCUT2D eigenvalue weighted by Gasteiger charge is -2.23. The number of thiocarbonyl (C=S) groups is 1. The fraction of sp³-hybridized carbons (Fsp3) is 0.350. The van der Waals surface area contributed by atoms with Gasteiger partial charge in [-0.2, -0.15) is 0 Å². The van der Waals surface area contributed by atoms with Crippen LogP contribution in [0.4, 0.5) is 5.69 Å². The third kappa shape index (κ3) is 5.36. The van der Waals surface area contributed by atoms with Gasteiger partial charge < -0.3 is 10.6 Å². The Hall–Kier alpha value is -1.87. The number of aryl methyl sites for hydroxylation is 2. The van der Waals surface area contributed by atoms with Crippen molar-refractivity contribution in [2.75, 3.05) is 5.32 Å². The second-order valence-corrected chi connectivity index (χ2v) is 6.92. The van der Waals surface area contributed by atoms with Crippen molar-refractivity contribution >= 4 is 23.0 Å². The Balaban J connectivity index is 2.10. The highest BCUT2D eigenvalue weighted by molar-refractivity contribution is 7.80. The number of hydrogen-bond acceptors (Lipinski definition) is 1. The van der Waals surface area contributed by atoms with E-state index in [-0.39, 0.29) is 6.04 Å². The molecule has 0 saturated heterocycles. The Bertz CT molecular complexity index is 650. The fourth-order valence-electron chi connectivity index (χ4n) is 2.62. The molecule has 1 unspecified atom stereocenters. The van der Waals surface area contributed by atoms with Crippen molar-refractivity contribution in [3.63, 3.8) is 0 Å². The van der Waals surface area contributed by atoms with Gasteiger partial charge in [-0.15, -0.1) is 0 Å². The van der Waals surface area contributed by atoms with Gasteiger partial charge in [0.05, 0.1) is 6.04 Å². The van der Waals surface area contributed by atoms with Gasteiger partial charge in [0.15, 0.2) is 5.11 Å². The Kier molecular flexibility index (Phi) is 6.17. The first-order chi connectivity index (χ1) is 11.0. The van der Waals surface area contributed by atoms with Gasteiger partial charge in [0.1, 0.15) is 0 Å². The standard InChI is InChI=1S/C20H26N2S/c1-14(2)12-19(17-8-6-5-7-9-17)22-20(23)21-18-13-15(3)10-11-16(18)4/h5-11,13-14,19H,12H2,1-4H3,(H2,21,22,23). The predicted octanol–water partition coefficient (Wildman–Crippen LogP) is 5.38. The first kappa shape index (κ1) is 17.5. The van der Waals surface area contributed by atoms with Gasteiger partial charge in [-0.3, -0.25) is 0 Å². The van der Waals surface area contributed by atoms with E-state index in [1.807, 2.05) is 6.07 Å². The van der Waals surface area contributed by atoms with Gasteiger partial charge in [0.2, 0.25) is 0 Å². The largest absolute Gasteiger partial charge is 0.356 e. The number of anilines is 1. The average molecular weight is 327 g/mol. The summed E-state index contributed by atoms with van der Waals surface area (Å²) in [5.41, 5.74) is 4.76. The lowest BCUT2D eigenvalue weighted by atomic mass is 9.97. The summed E-state index contributed by atoms with van der Waals surface area (Å²) in [7, 11) is 0. The minimum Gasteiger partial charge on any atom is -0.356 e. The molecule has 0 spiro atoms. The summed E-state index contributed by atoms with van der Waals surface area (Å²) in [5.74, 6) is 0.594. The molecule has 23 heavy (non-hydrogen) atoms. The molecule has 0 aliphatic rings. The van der Waals surface area contributed by atoms with E-state index in [2.05, 4.69) is 80.8 Å². The Morgan fingerprint density at radius 1 is 1.04 bits per heavy atom. The van der Waals surface area contributed by atoms with Gasteiger partial charge in [-0.05, 0) is 61.2 Å². The van der Waals surface area contributed by atoms with Crippen LogP contribution in [0.15, 0.2) is 48.5 Å². The molecule has 0 heterocycles. The van der Waals surface area contributed by atoms with E-state index in [1.54, 1.807) is 0 Å². The molecule has 3 heteroatoms. The van der Waals surface area contributed by atoms with Gasteiger partial charge in [-0.1, -0.05) is 56.3 Å². The molecule has 122 valence electrons. The first-order valence-corrected chi connectivity index (χ1v) is 8.56. The van der Waals surface area contributed by atoms with Gasteiger partial charge in [-0.25, -0.2) is 0 Å². The maximum absolute atomic E-state index is 5.55. The third-order valence-electron chi connectivity index (χ3n) is 3.86. The smallest absolute Gasteiger partial charge is 0.171 e. The molecule has 2 nitrogen and oxygen atoms in total. The van der Waals surface area contributed by atoms with E-state index in [0.29, 0.717) is 11.0 Å². The highest BCUT2D eigenvalue weighted by Crippen LogP contribution is 2.22. The third-order valence-corrected chi connectivity index (χ3v) is 4.08. The zero-order valence-corrected chi connectivity index (χ0v) is 15.2. The normalized spacial score (nSPS) is 12.0. The molecule has 0 fully saturated rings. The molecule has 2 aromatic carbocycles. The van der Waals surface area contributed by atoms with Crippen molar-refractivity contribution in [3.05, 3.63) is 65.2 Å². The SMILES string of the molecule is Cc1ccc(C)c(NC(=S)NC(CC(C)C)c2ccccc2)c1. The fourth-order valence-corrected chi connectivity index (χ4v) is 2.87. The predicted molar refractivity (Wildman–Crippen MR) is 104 cm³/mol. The molecule has 0 radical (unpaired) electrons. The van der Waals surface area contributed by atoms with Crippen LogP contribution in [-0.4, -0.2) is 5.11 Å². The molecule has 1 atom stereocenters. The maximum atomic E-state index is 5.55. The topological polar surface area (TPSA) is 24.1 Å². The van der Waals surface area contributed by atoms with Crippen LogP contribution in [0.2, 0.25) is 0 Å². The molecule has 0 aliphatic heterocycles. The van der Waals surface area contributed by atoms with Crippen LogP contribution in [0.25, 0.3) is 0 Å². The number of benzene rings is 2. The quantitative estimate of drug-likeness (QED) is 0.722. The second kappa shape index (κ2) is 8.11. The van der Waals surface area contributed by atoms with E-state index in [4.69, 9.17) is 12.2 Å².